The molecular formula is C34H35F2N5O3. The van der Waals surface area contributed by atoms with Gasteiger partial charge in [0.15, 0.2) is 5.82 Å². The van der Waals surface area contributed by atoms with Crippen LogP contribution in [0.3, 0.4) is 0 Å². The Morgan fingerprint density at radius 2 is 1.91 bits per heavy atom. The van der Waals surface area contributed by atoms with Crippen LogP contribution in [-0.4, -0.2) is 76.0 Å². The van der Waals surface area contributed by atoms with Gasteiger partial charge in [0.25, 0.3) is 0 Å². The van der Waals surface area contributed by atoms with Crippen LogP contribution in [0.25, 0.3) is 39.0 Å². The monoisotopic (exact) mass is 599 g/mol. The van der Waals surface area contributed by atoms with Gasteiger partial charge < -0.3 is 19.5 Å². The number of halogens is 2. The van der Waals surface area contributed by atoms with E-state index in [0.29, 0.717) is 53.9 Å². The average Bonchev–Trinajstić information content (AvgIpc) is 3.46. The zero-order valence-electron chi connectivity index (χ0n) is 24.6. The molecule has 44 heavy (non-hydrogen) atoms. The Bertz CT molecular complexity index is 1800. The number of phenolic OH excluding ortho intramolecular Hbond substituents is 1. The molecule has 1 N–H and O–H groups in total. The Hall–Kier alpha value is -3.89. The molecular weight excluding hydrogens is 564 g/mol. The first kappa shape index (κ1) is 27.6. The fraction of sp³-hybridized carbons (Fsp3) is 0.441. The summed E-state index contributed by atoms with van der Waals surface area (Å²) in [6, 6.07) is 6.04. The van der Waals surface area contributed by atoms with Crippen LogP contribution in [0.2, 0.25) is 0 Å². The van der Waals surface area contributed by atoms with E-state index in [-0.39, 0.29) is 45.7 Å². The van der Waals surface area contributed by atoms with Gasteiger partial charge in [0.1, 0.15) is 35.2 Å². The smallest absolute Gasteiger partial charge is 0.319 e. The molecule has 1 atom stereocenters. The first-order chi connectivity index (χ1) is 21.5. The fourth-order valence-electron chi connectivity index (χ4n) is 7.99. The fourth-order valence-corrected chi connectivity index (χ4v) is 7.99. The summed E-state index contributed by atoms with van der Waals surface area (Å²) < 4.78 is 44.3. The number of aryl methyl sites for hydroxylation is 1. The topological polar surface area (TPSA) is 83.8 Å². The van der Waals surface area contributed by atoms with Crippen LogP contribution in [0, 0.1) is 11.6 Å². The van der Waals surface area contributed by atoms with E-state index in [1.807, 2.05) is 0 Å². The van der Waals surface area contributed by atoms with Crippen LogP contribution in [0.15, 0.2) is 30.8 Å². The number of fused-ring (bicyclic) bond motifs is 4. The largest absolute Gasteiger partial charge is 0.508 e. The summed E-state index contributed by atoms with van der Waals surface area (Å²) >= 11 is 0. The lowest BCUT2D eigenvalue weighted by molar-refractivity contribution is 0.108. The molecule has 2 aromatic carbocycles. The van der Waals surface area contributed by atoms with Gasteiger partial charge in [-0.25, -0.2) is 13.8 Å². The Labute approximate surface area is 254 Å². The second-order valence-electron chi connectivity index (χ2n) is 12.6. The number of hydrogen-bond acceptors (Lipinski definition) is 8. The molecule has 6 heterocycles. The van der Waals surface area contributed by atoms with E-state index >= 15 is 4.39 Å². The van der Waals surface area contributed by atoms with E-state index in [9.17, 15) is 9.50 Å². The molecule has 8 rings (SSSR count). The minimum absolute atomic E-state index is 0.00222. The first-order valence-corrected chi connectivity index (χ1v) is 15.7. The molecule has 0 saturated carbocycles. The molecule has 0 aliphatic carbocycles. The van der Waals surface area contributed by atoms with Crippen molar-refractivity contribution in [2.24, 2.45) is 0 Å². The number of aromatic nitrogens is 3. The third-order valence-electron chi connectivity index (χ3n) is 10.1. The van der Waals surface area contributed by atoms with Gasteiger partial charge in [-0.1, -0.05) is 18.7 Å². The lowest BCUT2D eigenvalue weighted by Crippen LogP contribution is -2.43. The highest BCUT2D eigenvalue weighted by Crippen LogP contribution is 2.43. The Morgan fingerprint density at radius 3 is 2.73 bits per heavy atom. The van der Waals surface area contributed by atoms with Crippen LogP contribution in [0.5, 0.6) is 11.8 Å². The van der Waals surface area contributed by atoms with Crippen molar-refractivity contribution < 1.29 is 23.4 Å². The summed E-state index contributed by atoms with van der Waals surface area (Å²) in [7, 11) is 0. The van der Waals surface area contributed by atoms with Crippen LogP contribution in [0.1, 0.15) is 49.8 Å². The van der Waals surface area contributed by atoms with E-state index in [0.717, 1.165) is 58.2 Å². The summed E-state index contributed by atoms with van der Waals surface area (Å²) in [4.78, 5) is 19.3. The molecule has 228 valence electrons. The molecule has 8 nitrogen and oxygen atoms in total. The number of phenols is 1. The molecule has 4 aliphatic rings. The highest BCUT2D eigenvalue weighted by Gasteiger charge is 2.45. The highest BCUT2D eigenvalue weighted by molar-refractivity contribution is 6.04. The third kappa shape index (κ3) is 4.33. The number of pyridine rings is 1. The van der Waals surface area contributed by atoms with Gasteiger partial charge in [-0.15, -0.1) is 0 Å². The van der Waals surface area contributed by atoms with Gasteiger partial charge >= 0.3 is 6.01 Å². The van der Waals surface area contributed by atoms with E-state index in [1.54, 1.807) is 6.07 Å². The summed E-state index contributed by atoms with van der Waals surface area (Å²) in [6.07, 6.45) is 7.95. The zero-order chi connectivity index (χ0) is 30.0. The van der Waals surface area contributed by atoms with Crippen molar-refractivity contribution in [1.29, 1.82) is 0 Å². The van der Waals surface area contributed by atoms with E-state index < -0.39 is 11.6 Å². The molecule has 0 radical (unpaired) electrons. The van der Waals surface area contributed by atoms with E-state index in [2.05, 4.69) is 16.4 Å². The number of hydrogen-bond donors (Lipinski definition) is 1. The molecule has 10 heteroatoms. The van der Waals surface area contributed by atoms with Crippen molar-refractivity contribution in [3.05, 3.63) is 53.7 Å². The van der Waals surface area contributed by atoms with Gasteiger partial charge in [0, 0.05) is 29.7 Å². The lowest BCUT2D eigenvalue weighted by Gasteiger charge is -2.32. The predicted octanol–water partition coefficient (Wildman–Crippen LogP) is 6.02. The zero-order valence-corrected chi connectivity index (χ0v) is 24.6. The van der Waals surface area contributed by atoms with Gasteiger partial charge in [0.2, 0.25) is 0 Å². The maximum Gasteiger partial charge on any atom is 0.319 e. The summed E-state index contributed by atoms with van der Waals surface area (Å²) in [5.41, 5.74) is 1.26. The minimum Gasteiger partial charge on any atom is -0.508 e. The Balaban J connectivity index is 1.34. The number of nitrogens with zero attached hydrogens (tertiary/aromatic N) is 5. The molecule has 3 fully saturated rings. The molecule has 0 amide bonds. The van der Waals surface area contributed by atoms with Gasteiger partial charge in [-0.05, 0) is 81.6 Å². The summed E-state index contributed by atoms with van der Waals surface area (Å²) in [6.45, 7) is 8.32. The number of benzene rings is 2. The minimum atomic E-state index is -0.658. The van der Waals surface area contributed by atoms with Crippen LogP contribution in [0.4, 0.5) is 14.6 Å². The number of anilines is 1. The van der Waals surface area contributed by atoms with Gasteiger partial charge in [-0.3, -0.25) is 4.90 Å². The lowest BCUT2D eigenvalue weighted by atomic mass is 9.95. The van der Waals surface area contributed by atoms with Crippen molar-refractivity contribution in [1.82, 2.24) is 19.9 Å². The average molecular weight is 600 g/mol. The molecule has 0 bridgehead atoms. The van der Waals surface area contributed by atoms with Crippen molar-refractivity contribution in [3.63, 3.8) is 0 Å². The van der Waals surface area contributed by atoms with Crippen molar-refractivity contribution in [2.75, 3.05) is 44.4 Å². The van der Waals surface area contributed by atoms with Crippen LogP contribution >= 0.6 is 0 Å². The van der Waals surface area contributed by atoms with E-state index in [4.69, 9.17) is 24.4 Å². The van der Waals surface area contributed by atoms with Crippen LogP contribution in [-0.2, 0) is 11.2 Å². The maximum absolute atomic E-state index is 17.0. The summed E-state index contributed by atoms with van der Waals surface area (Å²) in [5.74, 6) is -0.596. The number of aromatic hydroxyl groups is 1. The molecule has 2 aromatic heterocycles. The number of ether oxygens (including phenoxy) is 2. The van der Waals surface area contributed by atoms with E-state index in [1.165, 1.54) is 24.3 Å². The first-order valence-electron chi connectivity index (χ1n) is 15.7. The predicted molar refractivity (Wildman–Crippen MR) is 165 cm³/mol. The number of rotatable bonds is 5. The SMILES string of the molecule is C=Cc1c(F)ccc2cc(O)cc(-c3nc4c5c(nc(OCC67CCCN6CCC7)nc5c3F)N3CCCOC[C@H]3CC4)c12. The highest BCUT2D eigenvalue weighted by atomic mass is 19.1. The quantitative estimate of drug-likeness (QED) is 0.298. The Morgan fingerprint density at radius 1 is 1.07 bits per heavy atom. The normalized spacial score (nSPS) is 21.2. The molecule has 0 spiro atoms. The molecule has 4 aliphatic heterocycles. The third-order valence-corrected chi connectivity index (χ3v) is 10.1. The van der Waals surface area contributed by atoms with Crippen LogP contribution < -0.4 is 9.64 Å². The standard InChI is InChI=1S/C34H35F2N5O3/c1-2-23-25(35)8-6-20-16-22(42)17-24(27(20)23)30-29(36)31-28-26(37-30)9-7-21-18-43-15-5-14-41(21)32(28)39-33(38-31)44-19-34-10-3-12-40(34)13-4-11-34/h2,6,8,16-17,21,42H,1,3-5,7,9-15,18-19H2/t21-/m1/s1. The van der Waals surface area contributed by atoms with Gasteiger partial charge in [-0.2, -0.15) is 9.97 Å². The summed E-state index contributed by atoms with van der Waals surface area (Å²) in [5, 5.41) is 12.2. The molecule has 0 unspecified atom stereocenters. The maximum atomic E-state index is 17.0. The van der Waals surface area contributed by atoms with Crippen molar-refractivity contribution in [2.45, 2.75) is 56.5 Å². The Kier molecular flexibility index (Phi) is 6.68. The molecule has 4 aromatic rings. The van der Waals surface area contributed by atoms with Gasteiger partial charge in [0.05, 0.1) is 29.3 Å². The second-order valence-corrected chi connectivity index (χ2v) is 12.6. The van der Waals surface area contributed by atoms with Crippen molar-refractivity contribution >= 4 is 33.6 Å². The van der Waals surface area contributed by atoms with Crippen molar-refractivity contribution in [3.8, 4) is 23.0 Å². The second kappa shape index (κ2) is 10.6. The molecule has 3 saturated heterocycles.